The molecule has 0 N–H and O–H groups in total. The molecule has 0 aromatic carbocycles. The highest BCUT2D eigenvalue weighted by atomic mass is 15.2. The molecular weight excluding hydrogens is 270 g/mol. The van der Waals surface area contributed by atoms with Gasteiger partial charge in [0.05, 0.1) is 0 Å². The first-order valence-corrected chi connectivity index (χ1v) is 9.68. The Balaban J connectivity index is 1.43. The van der Waals surface area contributed by atoms with Crippen molar-refractivity contribution in [2.75, 3.05) is 59.4 Å². The summed E-state index contributed by atoms with van der Waals surface area (Å²) in [6.07, 6.45) is 7.32. The largest absolute Gasteiger partial charge is 0.304 e. The van der Waals surface area contributed by atoms with Gasteiger partial charge in [-0.25, -0.2) is 0 Å². The lowest BCUT2D eigenvalue weighted by molar-refractivity contribution is 0.0875. The molecule has 1 aliphatic carbocycles. The van der Waals surface area contributed by atoms with Crippen molar-refractivity contribution in [3.8, 4) is 0 Å². The van der Waals surface area contributed by atoms with E-state index in [1.54, 1.807) is 0 Å². The van der Waals surface area contributed by atoms with Crippen LogP contribution in [0.15, 0.2) is 0 Å². The summed E-state index contributed by atoms with van der Waals surface area (Å²) in [6.45, 7) is 15.3. The van der Waals surface area contributed by atoms with Crippen LogP contribution in [0.1, 0.15) is 46.0 Å². The zero-order valence-electron chi connectivity index (χ0n) is 15.2. The quantitative estimate of drug-likeness (QED) is 0.747. The van der Waals surface area contributed by atoms with E-state index >= 15 is 0 Å². The number of likely N-dealkylation sites (tertiary alicyclic amines) is 1. The van der Waals surface area contributed by atoms with E-state index in [1.807, 2.05) is 0 Å². The van der Waals surface area contributed by atoms with Crippen LogP contribution in [0.5, 0.6) is 0 Å². The van der Waals surface area contributed by atoms with Crippen LogP contribution >= 0.6 is 0 Å². The zero-order chi connectivity index (χ0) is 15.6. The van der Waals surface area contributed by atoms with E-state index in [2.05, 4.69) is 35.6 Å². The molecule has 0 amide bonds. The predicted molar refractivity (Wildman–Crippen MR) is 94.2 cm³/mol. The second kappa shape index (κ2) is 7.19. The summed E-state index contributed by atoms with van der Waals surface area (Å²) in [5.41, 5.74) is 0.712. The third kappa shape index (κ3) is 4.69. The monoisotopic (exact) mass is 307 g/mol. The van der Waals surface area contributed by atoms with Crippen LogP contribution in [0, 0.1) is 17.3 Å². The fraction of sp³-hybridized carbons (Fsp3) is 1.00. The van der Waals surface area contributed by atoms with Gasteiger partial charge in [0, 0.05) is 45.8 Å². The van der Waals surface area contributed by atoms with E-state index in [-0.39, 0.29) is 0 Å². The number of likely N-dealkylation sites (N-methyl/N-ethyl adjacent to an activating group) is 1. The molecule has 0 radical (unpaired) electrons. The molecule has 2 heterocycles. The molecule has 0 unspecified atom stereocenters. The van der Waals surface area contributed by atoms with Crippen molar-refractivity contribution in [2.45, 2.75) is 46.0 Å². The van der Waals surface area contributed by atoms with Crippen molar-refractivity contribution in [1.82, 2.24) is 14.7 Å². The summed E-state index contributed by atoms with van der Waals surface area (Å²) in [5.74, 6) is 1.79. The summed E-state index contributed by atoms with van der Waals surface area (Å²) in [5, 5.41) is 0. The first kappa shape index (κ1) is 16.7. The van der Waals surface area contributed by atoms with E-state index in [9.17, 15) is 0 Å². The molecule has 0 spiro atoms. The van der Waals surface area contributed by atoms with Crippen LogP contribution in [-0.4, -0.2) is 74.1 Å². The van der Waals surface area contributed by atoms with E-state index in [0.717, 1.165) is 11.8 Å². The standard InChI is InChI=1S/C19H37N3/c1-17(2)13-19(6-7-19)16-22-8-4-5-18(15-22)14-21-11-9-20(3)10-12-21/h17-18H,4-16H2,1-3H3/t18-/m0/s1. The van der Waals surface area contributed by atoms with Crippen LogP contribution in [0.3, 0.4) is 0 Å². The minimum atomic E-state index is 0.712. The summed E-state index contributed by atoms with van der Waals surface area (Å²) >= 11 is 0. The fourth-order valence-corrected chi connectivity index (χ4v) is 4.78. The van der Waals surface area contributed by atoms with Crippen LogP contribution in [-0.2, 0) is 0 Å². The fourth-order valence-electron chi connectivity index (χ4n) is 4.78. The van der Waals surface area contributed by atoms with Crippen LogP contribution in [0.25, 0.3) is 0 Å². The molecule has 3 rings (SSSR count). The van der Waals surface area contributed by atoms with Crippen molar-refractivity contribution in [3.63, 3.8) is 0 Å². The normalized spacial score (nSPS) is 30.8. The lowest BCUT2D eigenvalue weighted by atomic mass is 9.91. The lowest BCUT2D eigenvalue weighted by Crippen LogP contribution is -2.49. The maximum Gasteiger partial charge on any atom is 0.0110 e. The second-order valence-corrected chi connectivity index (χ2v) is 8.95. The molecule has 128 valence electrons. The average molecular weight is 308 g/mol. The third-order valence-corrected chi connectivity index (χ3v) is 6.07. The summed E-state index contributed by atoms with van der Waals surface area (Å²) in [6, 6.07) is 0. The Kier molecular flexibility index (Phi) is 5.47. The van der Waals surface area contributed by atoms with Gasteiger partial charge in [0.2, 0.25) is 0 Å². The molecule has 3 aliphatic rings. The first-order chi connectivity index (χ1) is 10.5. The van der Waals surface area contributed by atoms with Gasteiger partial charge in [-0.3, -0.25) is 0 Å². The van der Waals surface area contributed by atoms with Crippen molar-refractivity contribution < 1.29 is 0 Å². The number of rotatable bonds is 6. The van der Waals surface area contributed by atoms with Gasteiger partial charge in [-0.2, -0.15) is 0 Å². The Hall–Kier alpha value is -0.120. The maximum absolute atomic E-state index is 2.82. The topological polar surface area (TPSA) is 9.72 Å². The molecular formula is C19H37N3. The van der Waals surface area contributed by atoms with E-state index in [0.29, 0.717) is 5.41 Å². The summed E-state index contributed by atoms with van der Waals surface area (Å²) < 4.78 is 0. The summed E-state index contributed by atoms with van der Waals surface area (Å²) in [4.78, 5) is 8.00. The number of hydrogen-bond donors (Lipinski definition) is 0. The Labute approximate surface area is 138 Å². The van der Waals surface area contributed by atoms with Crippen molar-refractivity contribution in [3.05, 3.63) is 0 Å². The van der Waals surface area contributed by atoms with E-state index in [1.165, 1.54) is 84.5 Å². The van der Waals surface area contributed by atoms with Crippen molar-refractivity contribution in [2.24, 2.45) is 17.3 Å². The number of piperidine rings is 1. The molecule has 0 aromatic rings. The van der Waals surface area contributed by atoms with Crippen molar-refractivity contribution in [1.29, 1.82) is 0 Å². The maximum atomic E-state index is 2.82. The SMILES string of the molecule is CC(C)CC1(CN2CCC[C@@H](CN3CCN(C)CC3)C2)CC1. The highest BCUT2D eigenvalue weighted by Gasteiger charge is 2.44. The van der Waals surface area contributed by atoms with Crippen LogP contribution in [0.4, 0.5) is 0 Å². The highest BCUT2D eigenvalue weighted by molar-refractivity contribution is 4.97. The van der Waals surface area contributed by atoms with Gasteiger partial charge in [-0.15, -0.1) is 0 Å². The molecule has 2 aliphatic heterocycles. The summed E-state index contributed by atoms with van der Waals surface area (Å²) in [7, 11) is 2.25. The van der Waals surface area contributed by atoms with Gasteiger partial charge < -0.3 is 14.7 Å². The van der Waals surface area contributed by atoms with E-state index < -0.39 is 0 Å². The van der Waals surface area contributed by atoms with Gasteiger partial charge in [0.1, 0.15) is 0 Å². The van der Waals surface area contributed by atoms with Crippen LogP contribution in [0.2, 0.25) is 0 Å². The minimum absolute atomic E-state index is 0.712. The van der Waals surface area contributed by atoms with Crippen molar-refractivity contribution >= 4 is 0 Å². The Morgan fingerprint density at radius 2 is 1.73 bits per heavy atom. The zero-order valence-corrected chi connectivity index (χ0v) is 15.2. The van der Waals surface area contributed by atoms with E-state index in [4.69, 9.17) is 0 Å². The van der Waals surface area contributed by atoms with Gasteiger partial charge in [-0.05, 0) is 62.9 Å². The molecule has 3 fully saturated rings. The Morgan fingerprint density at radius 1 is 1.00 bits per heavy atom. The second-order valence-electron chi connectivity index (χ2n) is 8.95. The van der Waals surface area contributed by atoms with Gasteiger partial charge >= 0.3 is 0 Å². The Morgan fingerprint density at radius 3 is 2.36 bits per heavy atom. The Bertz CT molecular complexity index is 343. The molecule has 0 bridgehead atoms. The number of piperazine rings is 1. The molecule has 1 saturated carbocycles. The minimum Gasteiger partial charge on any atom is -0.304 e. The number of nitrogens with zero attached hydrogens (tertiary/aromatic N) is 3. The highest BCUT2D eigenvalue weighted by Crippen LogP contribution is 2.51. The molecule has 1 atom stereocenters. The lowest BCUT2D eigenvalue weighted by Gasteiger charge is -2.39. The molecule has 2 saturated heterocycles. The van der Waals surface area contributed by atoms with Gasteiger partial charge in [0.15, 0.2) is 0 Å². The smallest absolute Gasteiger partial charge is 0.0110 e. The third-order valence-electron chi connectivity index (χ3n) is 6.07. The predicted octanol–water partition coefficient (Wildman–Crippen LogP) is 2.77. The average Bonchev–Trinajstić information content (AvgIpc) is 3.20. The molecule has 3 nitrogen and oxygen atoms in total. The molecule has 3 heteroatoms. The first-order valence-electron chi connectivity index (χ1n) is 9.68. The van der Waals surface area contributed by atoms with Gasteiger partial charge in [-0.1, -0.05) is 13.8 Å². The molecule has 0 aromatic heterocycles. The molecule has 22 heavy (non-hydrogen) atoms. The van der Waals surface area contributed by atoms with Crippen LogP contribution < -0.4 is 0 Å². The number of hydrogen-bond acceptors (Lipinski definition) is 3. The van der Waals surface area contributed by atoms with Gasteiger partial charge in [0.25, 0.3) is 0 Å².